The maximum Gasteiger partial charge on any atom is 0.240 e. The molecule has 1 aliphatic heterocycles. The zero-order valence-corrected chi connectivity index (χ0v) is 14.4. The number of nitrogens with one attached hydrogen (secondary N) is 2. The first-order valence-electron chi connectivity index (χ1n) is 7.21. The minimum atomic E-state index is -3.72. The molecule has 8 heteroatoms. The summed E-state index contributed by atoms with van der Waals surface area (Å²) in [5.74, 6) is 0.266. The van der Waals surface area contributed by atoms with Crippen molar-refractivity contribution in [3.63, 3.8) is 0 Å². The molecule has 0 bridgehead atoms. The number of piperidine rings is 1. The number of rotatable bonds is 5. The summed E-state index contributed by atoms with van der Waals surface area (Å²) >= 11 is 0. The van der Waals surface area contributed by atoms with Crippen molar-refractivity contribution in [2.75, 3.05) is 25.9 Å². The fraction of sp³-hybridized carbons (Fsp3) is 0.571. The van der Waals surface area contributed by atoms with Crippen molar-refractivity contribution in [3.05, 3.63) is 23.8 Å². The van der Waals surface area contributed by atoms with Gasteiger partial charge in [-0.05, 0) is 56.5 Å². The van der Waals surface area contributed by atoms with E-state index in [4.69, 9.17) is 0 Å². The van der Waals surface area contributed by atoms with Crippen molar-refractivity contribution in [2.45, 2.75) is 29.6 Å². The standard InChI is InChI=1S/C14H22N2O4S2/c1-11-5-6-13(21(2,17)18)8-14(11)22(19,20)16-10-12-4-3-7-15-9-12/h5-6,8,12,15-16H,3-4,7,9-10H2,1-2H3. The Kier molecular flexibility index (Phi) is 5.26. The average Bonchev–Trinajstić information content (AvgIpc) is 2.45. The Morgan fingerprint density at radius 2 is 2.00 bits per heavy atom. The van der Waals surface area contributed by atoms with E-state index >= 15 is 0 Å². The Labute approximate surface area is 132 Å². The van der Waals surface area contributed by atoms with E-state index in [0.717, 1.165) is 32.2 Å². The molecule has 1 aromatic carbocycles. The van der Waals surface area contributed by atoms with Gasteiger partial charge in [0.25, 0.3) is 0 Å². The Morgan fingerprint density at radius 1 is 1.27 bits per heavy atom. The molecule has 0 saturated carbocycles. The van der Waals surface area contributed by atoms with Gasteiger partial charge < -0.3 is 5.32 Å². The average molecular weight is 346 g/mol. The lowest BCUT2D eigenvalue weighted by molar-refractivity contribution is 0.376. The summed E-state index contributed by atoms with van der Waals surface area (Å²) in [5, 5.41) is 3.24. The van der Waals surface area contributed by atoms with Gasteiger partial charge in [-0.1, -0.05) is 6.07 Å². The molecule has 0 spiro atoms. The van der Waals surface area contributed by atoms with E-state index in [1.165, 1.54) is 18.2 Å². The van der Waals surface area contributed by atoms with E-state index in [0.29, 0.717) is 12.1 Å². The highest BCUT2D eigenvalue weighted by Gasteiger charge is 2.22. The van der Waals surface area contributed by atoms with Crippen LogP contribution < -0.4 is 10.0 Å². The molecule has 1 saturated heterocycles. The largest absolute Gasteiger partial charge is 0.316 e. The van der Waals surface area contributed by atoms with Crippen molar-refractivity contribution >= 4 is 19.9 Å². The van der Waals surface area contributed by atoms with Crippen LogP contribution in [0.2, 0.25) is 0 Å². The molecule has 6 nitrogen and oxygen atoms in total. The Hall–Kier alpha value is -0.960. The molecule has 1 aromatic rings. The summed E-state index contributed by atoms with van der Waals surface area (Å²) in [7, 11) is -7.16. The van der Waals surface area contributed by atoms with Gasteiger partial charge in [0.15, 0.2) is 9.84 Å². The molecular formula is C14H22N2O4S2. The van der Waals surface area contributed by atoms with Gasteiger partial charge in [0.05, 0.1) is 9.79 Å². The third kappa shape index (κ3) is 4.28. The Morgan fingerprint density at radius 3 is 2.59 bits per heavy atom. The van der Waals surface area contributed by atoms with Gasteiger partial charge >= 0.3 is 0 Å². The second kappa shape index (κ2) is 6.66. The summed E-state index contributed by atoms with van der Waals surface area (Å²) < 4.78 is 50.7. The third-order valence-electron chi connectivity index (χ3n) is 3.84. The molecule has 0 aliphatic carbocycles. The van der Waals surface area contributed by atoms with Crippen LogP contribution in [-0.4, -0.2) is 42.7 Å². The molecule has 0 aromatic heterocycles. The Balaban J connectivity index is 2.21. The minimum Gasteiger partial charge on any atom is -0.316 e. The highest BCUT2D eigenvalue weighted by molar-refractivity contribution is 7.91. The highest BCUT2D eigenvalue weighted by Crippen LogP contribution is 2.20. The molecule has 0 radical (unpaired) electrons. The predicted molar refractivity (Wildman–Crippen MR) is 85.1 cm³/mol. The van der Waals surface area contributed by atoms with Crippen LogP contribution in [0.15, 0.2) is 28.0 Å². The van der Waals surface area contributed by atoms with Gasteiger partial charge in [-0.15, -0.1) is 0 Å². The van der Waals surface area contributed by atoms with Crippen LogP contribution in [0.5, 0.6) is 0 Å². The van der Waals surface area contributed by atoms with E-state index in [1.54, 1.807) is 6.92 Å². The van der Waals surface area contributed by atoms with E-state index < -0.39 is 19.9 Å². The molecule has 2 rings (SSSR count). The number of aryl methyl sites for hydroxylation is 1. The van der Waals surface area contributed by atoms with Crippen molar-refractivity contribution in [2.24, 2.45) is 5.92 Å². The number of sulfonamides is 1. The lowest BCUT2D eigenvalue weighted by Gasteiger charge is -2.23. The van der Waals surface area contributed by atoms with Gasteiger partial charge in [-0.2, -0.15) is 0 Å². The van der Waals surface area contributed by atoms with Crippen LogP contribution in [0, 0.1) is 12.8 Å². The lowest BCUT2D eigenvalue weighted by Crippen LogP contribution is -2.38. The van der Waals surface area contributed by atoms with Crippen molar-refractivity contribution in [1.29, 1.82) is 0 Å². The molecular weight excluding hydrogens is 324 g/mol. The first-order chi connectivity index (χ1) is 10.2. The number of hydrogen-bond donors (Lipinski definition) is 2. The molecule has 1 fully saturated rings. The van der Waals surface area contributed by atoms with Gasteiger partial charge in [0, 0.05) is 12.8 Å². The van der Waals surface area contributed by atoms with Crippen molar-refractivity contribution in [1.82, 2.24) is 10.0 Å². The van der Waals surface area contributed by atoms with Crippen molar-refractivity contribution < 1.29 is 16.8 Å². The third-order valence-corrected chi connectivity index (χ3v) is 6.51. The highest BCUT2D eigenvalue weighted by atomic mass is 32.2. The zero-order valence-electron chi connectivity index (χ0n) is 12.8. The quantitative estimate of drug-likeness (QED) is 0.818. The van der Waals surface area contributed by atoms with Crippen LogP contribution >= 0.6 is 0 Å². The minimum absolute atomic E-state index is 0.0119. The summed E-state index contributed by atoms with van der Waals surface area (Å²) in [6.07, 6.45) is 3.09. The molecule has 22 heavy (non-hydrogen) atoms. The summed E-state index contributed by atoms with van der Waals surface area (Å²) in [6.45, 7) is 3.78. The maximum atomic E-state index is 12.4. The number of hydrogen-bond acceptors (Lipinski definition) is 5. The second-order valence-corrected chi connectivity index (χ2v) is 9.51. The van der Waals surface area contributed by atoms with Gasteiger partial charge in [0.1, 0.15) is 0 Å². The number of sulfone groups is 1. The Bertz CT molecular complexity index is 736. The lowest BCUT2D eigenvalue weighted by atomic mass is 10.0. The van der Waals surface area contributed by atoms with E-state index in [1.807, 2.05) is 0 Å². The second-order valence-electron chi connectivity index (χ2n) is 5.76. The molecule has 1 aliphatic rings. The predicted octanol–water partition coefficient (Wildman–Crippen LogP) is 0.676. The van der Waals surface area contributed by atoms with Crippen LogP contribution in [0.1, 0.15) is 18.4 Å². The molecule has 2 N–H and O–H groups in total. The van der Waals surface area contributed by atoms with Gasteiger partial charge in [-0.25, -0.2) is 21.6 Å². The monoisotopic (exact) mass is 346 g/mol. The smallest absolute Gasteiger partial charge is 0.240 e. The SMILES string of the molecule is Cc1ccc(S(C)(=O)=O)cc1S(=O)(=O)NCC1CCCNC1. The van der Waals surface area contributed by atoms with Crippen molar-refractivity contribution in [3.8, 4) is 0 Å². The van der Waals surface area contributed by atoms with Crippen LogP contribution in [-0.2, 0) is 19.9 Å². The first kappa shape index (κ1) is 17.4. The van der Waals surface area contributed by atoms with E-state index in [-0.39, 0.29) is 15.7 Å². The summed E-state index contributed by atoms with van der Waals surface area (Å²) in [5.41, 5.74) is 0.529. The molecule has 0 amide bonds. The van der Waals surface area contributed by atoms with Crippen LogP contribution in [0.3, 0.4) is 0 Å². The molecule has 124 valence electrons. The van der Waals surface area contributed by atoms with Gasteiger partial charge in [0.2, 0.25) is 10.0 Å². The fourth-order valence-corrected chi connectivity index (χ4v) is 4.61. The van der Waals surface area contributed by atoms with Crippen LogP contribution in [0.4, 0.5) is 0 Å². The maximum absolute atomic E-state index is 12.4. The normalized spacial score (nSPS) is 20.0. The first-order valence-corrected chi connectivity index (χ1v) is 10.6. The van der Waals surface area contributed by atoms with E-state index in [9.17, 15) is 16.8 Å². The van der Waals surface area contributed by atoms with Crippen LogP contribution in [0.25, 0.3) is 0 Å². The molecule has 1 atom stereocenters. The molecule has 1 heterocycles. The topological polar surface area (TPSA) is 92.3 Å². The zero-order chi connectivity index (χ0) is 16.4. The van der Waals surface area contributed by atoms with Gasteiger partial charge in [-0.3, -0.25) is 0 Å². The fourth-order valence-electron chi connectivity index (χ4n) is 2.50. The number of benzene rings is 1. The van der Waals surface area contributed by atoms with E-state index in [2.05, 4.69) is 10.0 Å². The summed E-state index contributed by atoms with van der Waals surface area (Å²) in [4.78, 5) is 0.0389. The molecule has 1 unspecified atom stereocenters. The summed E-state index contributed by atoms with van der Waals surface area (Å²) in [6, 6.07) is 4.17.